The van der Waals surface area contributed by atoms with Crippen LogP contribution in [0.1, 0.15) is 5.56 Å². The van der Waals surface area contributed by atoms with Gasteiger partial charge in [-0.05, 0) is 24.1 Å². The Labute approximate surface area is 103 Å². The van der Waals surface area contributed by atoms with Gasteiger partial charge in [-0.1, -0.05) is 16.0 Å². The molecule has 1 amide bonds. The predicted octanol–water partition coefficient (Wildman–Crippen LogP) is 0.931. The fourth-order valence-electron chi connectivity index (χ4n) is 1.62. The van der Waals surface area contributed by atoms with Gasteiger partial charge < -0.3 is 14.2 Å². The Morgan fingerprint density at radius 2 is 2.06 bits per heavy atom. The van der Waals surface area contributed by atoms with E-state index >= 15 is 0 Å². The van der Waals surface area contributed by atoms with E-state index in [0.717, 1.165) is 5.56 Å². The summed E-state index contributed by atoms with van der Waals surface area (Å²) in [7, 11) is -5.00. The molecule has 1 aliphatic heterocycles. The number of halogens is 1. The highest BCUT2D eigenvalue weighted by atomic mass is 32.3. The number of rotatable bonds is 4. The maximum Gasteiger partial charge on any atom is 0.488 e. The second kappa shape index (κ2) is 4.81. The first kappa shape index (κ1) is 12.6. The molecule has 1 aliphatic rings. The van der Waals surface area contributed by atoms with Gasteiger partial charge in [0.1, 0.15) is 12.4 Å². The van der Waals surface area contributed by atoms with Crippen LogP contribution in [0.25, 0.3) is 0 Å². The van der Waals surface area contributed by atoms with Crippen LogP contribution in [0, 0.1) is 0 Å². The van der Waals surface area contributed by atoms with Gasteiger partial charge in [-0.25, -0.2) is 4.79 Å². The van der Waals surface area contributed by atoms with E-state index in [2.05, 4.69) is 9.50 Å². The zero-order valence-electron chi connectivity index (χ0n) is 9.13. The normalized spacial score (nSPS) is 19.2. The molecule has 2 rings (SSSR count). The van der Waals surface area contributed by atoms with E-state index in [9.17, 15) is 17.1 Å². The number of benzene rings is 1. The highest BCUT2D eigenvalue weighted by Gasteiger charge is 2.22. The van der Waals surface area contributed by atoms with Gasteiger partial charge in [0, 0.05) is 0 Å². The van der Waals surface area contributed by atoms with Crippen molar-refractivity contribution in [2.24, 2.45) is 0 Å². The van der Waals surface area contributed by atoms with Crippen molar-refractivity contribution in [2.75, 3.05) is 6.61 Å². The lowest BCUT2D eigenvalue weighted by atomic mass is 10.1. The molecule has 8 heteroatoms. The lowest BCUT2D eigenvalue weighted by molar-refractivity contribution is 0.177. The number of cyclic esters (lactones) is 1. The van der Waals surface area contributed by atoms with Crippen LogP contribution in [0.15, 0.2) is 24.3 Å². The highest BCUT2D eigenvalue weighted by molar-refractivity contribution is 7.81. The molecule has 1 N–H and O–H groups in total. The minimum atomic E-state index is -5.00. The zero-order chi connectivity index (χ0) is 13.2. The number of carbonyl (C=O) groups excluding carboxylic acids is 1. The number of amides is 1. The molecule has 1 unspecified atom stereocenters. The Bertz CT molecular complexity index is 542. The van der Waals surface area contributed by atoms with Crippen LogP contribution in [0.2, 0.25) is 0 Å². The number of ether oxygens (including phenoxy) is 1. The molecule has 1 atom stereocenters. The van der Waals surface area contributed by atoms with E-state index in [4.69, 9.17) is 4.74 Å². The number of hydrogen-bond donors (Lipinski definition) is 1. The molecule has 0 bridgehead atoms. The standard InChI is InChI=1S/C10H10FNO5S/c11-18(14,15)17-9-3-1-7(2-4-9)5-8-6-16-10(13)12-8/h1-4,8H,5-6H2,(H,12,13). The van der Waals surface area contributed by atoms with Crippen molar-refractivity contribution >= 4 is 16.6 Å². The summed E-state index contributed by atoms with van der Waals surface area (Å²) >= 11 is 0. The quantitative estimate of drug-likeness (QED) is 0.827. The Hall–Kier alpha value is -1.83. The van der Waals surface area contributed by atoms with Crippen molar-refractivity contribution in [3.63, 3.8) is 0 Å². The van der Waals surface area contributed by atoms with Gasteiger partial charge in [-0.15, -0.1) is 0 Å². The van der Waals surface area contributed by atoms with E-state index in [-0.39, 0.29) is 18.4 Å². The molecule has 0 radical (unpaired) electrons. The largest absolute Gasteiger partial charge is 0.488 e. The molecule has 98 valence electrons. The summed E-state index contributed by atoms with van der Waals surface area (Å²) in [5.41, 5.74) is 0.842. The van der Waals surface area contributed by atoms with Gasteiger partial charge in [0.05, 0.1) is 6.04 Å². The van der Waals surface area contributed by atoms with E-state index in [0.29, 0.717) is 6.42 Å². The van der Waals surface area contributed by atoms with Gasteiger partial charge in [0.15, 0.2) is 0 Å². The van der Waals surface area contributed by atoms with Crippen molar-refractivity contribution in [3.05, 3.63) is 29.8 Å². The number of hydrogen-bond acceptors (Lipinski definition) is 5. The van der Waals surface area contributed by atoms with Gasteiger partial charge in [0.2, 0.25) is 0 Å². The summed E-state index contributed by atoms with van der Waals surface area (Å²) in [6.45, 7) is 0.288. The average molecular weight is 275 g/mol. The molecule has 0 spiro atoms. The van der Waals surface area contributed by atoms with Crippen LogP contribution in [-0.4, -0.2) is 27.2 Å². The Kier molecular flexibility index (Phi) is 3.37. The van der Waals surface area contributed by atoms with Crippen LogP contribution in [0.5, 0.6) is 5.75 Å². The van der Waals surface area contributed by atoms with Crippen molar-refractivity contribution in [1.29, 1.82) is 0 Å². The van der Waals surface area contributed by atoms with E-state index in [1.165, 1.54) is 12.1 Å². The Balaban J connectivity index is 1.97. The fraction of sp³-hybridized carbons (Fsp3) is 0.300. The zero-order valence-corrected chi connectivity index (χ0v) is 9.94. The van der Waals surface area contributed by atoms with Crippen LogP contribution in [-0.2, 0) is 21.7 Å². The van der Waals surface area contributed by atoms with Crippen LogP contribution in [0.3, 0.4) is 0 Å². The summed E-state index contributed by atoms with van der Waals surface area (Å²) < 4.78 is 41.5. The maximum atomic E-state index is 12.2. The topological polar surface area (TPSA) is 81.7 Å². The third-order valence-corrected chi connectivity index (χ3v) is 2.73. The Morgan fingerprint density at radius 1 is 1.39 bits per heavy atom. The van der Waals surface area contributed by atoms with E-state index in [1.807, 2.05) is 0 Å². The first-order valence-electron chi connectivity index (χ1n) is 5.09. The smallest absolute Gasteiger partial charge is 0.447 e. The Morgan fingerprint density at radius 3 is 2.56 bits per heavy atom. The van der Waals surface area contributed by atoms with Crippen molar-refractivity contribution in [1.82, 2.24) is 5.32 Å². The van der Waals surface area contributed by atoms with Crippen LogP contribution < -0.4 is 9.50 Å². The molecule has 0 aromatic heterocycles. The van der Waals surface area contributed by atoms with E-state index in [1.54, 1.807) is 12.1 Å². The van der Waals surface area contributed by atoms with Crippen LogP contribution >= 0.6 is 0 Å². The van der Waals surface area contributed by atoms with Gasteiger partial charge in [-0.3, -0.25) is 0 Å². The first-order valence-corrected chi connectivity index (χ1v) is 6.39. The van der Waals surface area contributed by atoms with Gasteiger partial charge in [-0.2, -0.15) is 8.42 Å². The van der Waals surface area contributed by atoms with Crippen LogP contribution in [0.4, 0.5) is 8.68 Å². The lowest BCUT2D eigenvalue weighted by Gasteiger charge is -2.07. The average Bonchev–Trinajstić information content (AvgIpc) is 2.65. The molecular formula is C10H10FNO5S. The maximum absolute atomic E-state index is 12.2. The van der Waals surface area contributed by atoms with Gasteiger partial charge >= 0.3 is 16.6 Å². The molecule has 1 aromatic rings. The summed E-state index contributed by atoms with van der Waals surface area (Å²) in [5, 5.41) is 2.61. The van der Waals surface area contributed by atoms with Crippen molar-refractivity contribution < 1.29 is 26.0 Å². The lowest BCUT2D eigenvalue weighted by Crippen LogP contribution is -2.28. The number of nitrogens with one attached hydrogen (secondary N) is 1. The first-order chi connectivity index (χ1) is 8.42. The summed E-state index contributed by atoms with van der Waals surface area (Å²) in [4.78, 5) is 10.8. The number of alkyl carbamates (subject to hydrolysis) is 1. The third kappa shape index (κ3) is 3.59. The molecule has 1 fully saturated rings. The summed E-state index contributed by atoms with van der Waals surface area (Å²) in [6.07, 6.45) is 0.0810. The molecule has 0 aliphatic carbocycles. The fourth-order valence-corrected chi connectivity index (χ4v) is 1.96. The van der Waals surface area contributed by atoms with Crippen molar-refractivity contribution in [2.45, 2.75) is 12.5 Å². The minimum absolute atomic E-state index is 0.104. The van der Waals surface area contributed by atoms with E-state index < -0.39 is 16.6 Å². The SMILES string of the molecule is O=C1NC(Cc2ccc(OS(=O)(=O)F)cc2)CO1. The van der Waals surface area contributed by atoms with Crippen molar-refractivity contribution in [3.8, 4) is 5.75 Å². The molecule has 1 aromatic carbocycles. The predicted molar refractivity (Wildman–Crippen MR) is 59.1 cm³/mol. The summed E-state index contributed by atoms with van der Waals surface area (Å²) in [5.74, 6) is -0.104. The minimum Gasteiger partial charge on any atom is -0.447 e. The third-order valence-electron chi connectivity index (χ3n) is 2.34. The second-order valence-electron chi connectivity index (χ2n) is 3.76. The summed E-state index contributed by atoms with van der Waals surface area (Å²) in [6, 6.07) is 5.73. The number of carbonyl (C=O) groups is 1. The molecule has 1 saturated heterocycles. The highest BCUT2D eigenvalue weighted by Crippen LogP contribution is 2.16. The van der Waals surface area contributed by atoms with Gasteiger partial charge in [0.25, 0.3) is 0 Å². The monoisotopic (exact) mass is 275 g/mol. The molecular weight excluding hydrogens is 265 g/mol. The molecule has 6 nitrogen and oxygen atoms in total. The second-order valence-corrected chi connectivity index (χ2v) is 4.72. The molecule has 0 saturated carbocycles. The molecule has 18 heavy (non-hydrogen) atoms. The molecule has 1 heterocycles.